The fourth-order valence-electron chi connectivity index (χ4n) is 3.04. The van der Waals surface area contributed by atoms with E-state index in [9.17, 15) is 14.4 Å². The van der Waals surface area contributed by atoms with Gasteiger partial charge in [0.1, 0.15) is 0 Å². The summed E-state index contributed by atoms with van der Waals surface area (Å²) < 4.78 is 10.4. The molecule has 0 N–H and O–H groups in total. The summed E-state index contributed by atoms with van der Waals surface area (Å²) in [4.78, 5) is 36.6. The maximum atomic E-state index is 12.2. The molecular formula is C14H15NO5. The van der Waals surface area contributed by atoms with Crippen molar-refractivity contribution in [3.63, 3.8) is 0 Å². The normalized spacial score (nSPS) is 33.7. The van der Waals surface area contributed by atoms with Gasteiger partial charge in [0.2, 0.25) is 11.8 Å². The van der Waals surface area contributed by atoms with E-state index in [0.29, 0.717) is 6.42 Å². The predicted octanol–water partition coefficient (Wildman–Crippen LogP) is 0.0441. The minimum atomic E-state index is -0.503. The van der Waals surface area contributed by atoms with Crippen LogP contribution in [0.5, 0.6) is 0 Å². The highest BCUT2D eigenvalue weighted by molar-refractivity contribution is 6.06. The molecule has 0 radical (unpaired) electrons. The number of fused-ring (bicyclic) bond motifs is 5. The molecule has 2 fully saturated rings. The molecule has 0 aliphatic carbocycles. The van der Waals surface area contributed by atoms with Crippen LogP contribution < -0.4 is 0 Å². The molecule has 0 saturated carbocycles. The van der Waals surface area contributed by atoms with Crippen molar-refractivity contribution in [3.8, 4) is 0 Å². The van der Waals surface area contributed by atoms with Gasteiger partial charge in [0.25, 0.3) is 0 Å². The summed E-state index contributed by atoms with van der Waals surface area (Å²) in [5, 5.41) is 0. The van der Waals surface area contributed by atoms with E-state index in [2.05, 4.69) is 6.58 Å². The third-order valence-corrected chi connectivity index (χ3v) is 3.94. The molecule has 4 atom stereocenters. The molecule has 2 amide bonds. The van der Waals surface area contributed by atoms with Crippen LogP contribution in [0.4, 0.5) is 0 Å². The first-order valence-corrected chi connectivity index (χ1v) is 6.61. The second kappa shape index (κ2) is 4.86. The number of imide groups is 1. The van der Waals surface area contributed by atoms with Crippen molar-refractivity contribution in [2.75, 3.05) is 13.2 Å². The zero-order chi connectivity index (χ0) is 14.3. The van der Waals surface area contributed by atoms with Crippen molar-refractivity contribution >= 4 is 17.8 Å². The number of rotatable bonds is 5. The van der Waals surface area contributed by atoms with Gasteiger partial charge < -0.3 is 9.47 Å². The summed E-state index contributed by atoms with van der Waals surface area (Å²) >= 11 is 0. The molecule has 3 aliphatic heterocycles. The van der Waals surface area contributed by atoms with Crippen molar-refractivity contribution in [1.29, 1.82) is 0 Å². The van der Waals surface area contributed by atoms with Gasteiger partial charge in [-0.15, -0.1) is 0 Å². The number of nitrogens with zero attached hydrogens (tertiary/aromatic N) is 1. The molecule has 2 bridgehead atoms. The van der Waals surface area contributed by atoms with Crippen molar-refractivity contribution in [2.45, 2.75) is 18.6 Å². The minimum absolute atomic E-state index is 0.166. The monoisotopic (exact) mass is 277 g/mol. The largest absolute Gasteiger partial charge is 0.462 e. The van der Waals surface area contributed by atoms with Crippen molar-refractivity contribution < 1.29 is 23.9 Å². The van der Waals surface area contributed by atoms with Crippen molar-refractivity contribution in [2.24, 2.45) is 11.8 Å². The summed E-state index contributed by atoms with van der Waals surface area (Å²) in [6.07, 6.45) is 4.70. The SMILES string of the molecule is C=CC(=O)OCCCN1C(=O)C2C3C=CC(O3)C2C1=O. The zero-order valence-electron chi connectivity index (χ0n) is 10.9. The van der Waals surface area contributed by atoms with E-state index in [1.807, 2.05) is 12.2 Å². The van der Waals surface area contributed by atoms with Gasteiger partial charge in [0.05, 0.1) is 30.7 Å². The molecule has 3 rings (SSSR count). The Bertz CT molecular complexity index is 482. The Morgan fingerprint density at radius 3 is 2.45 bits per heavy atom. The number of carbonyl (C=O) groups is 3. The molecule has 6 nitrogen and oxygen atoms in total. The van der Waals surface area contributed by atoms with Crippen LogP contribution in [0.2, 0.25) is 0 Å². The molecule has 6 heteroatoms. The average Bonchev–Trinajstić information content (AvgIpc) is 3.11. The Kier molecular flexibility index (Phi) is 3.17. The van der Waals surface area contributed by atoms with Gasteiger partial charge >= 0.3 is 5.97 Å². The van der Waals surface area contributed by atoms with Gasteiger partial charge in [-0.3, -0.25) is 14.5 Å². The lowest BCUT2D eigenvalue weighted by molar-refractivity contribution is -0.142. The maximum Gasteiger partial charge on any atom is 0.330 e. The maximum absolute atomic E-state index is 12.2. The van der Waals surface area contributed by atoms with E-state index in [-0.39, 0.29) is 49.0 Å². The molecule has 4 unspecified atom stereocenters. The highest BCUT2D eigenvalue weighted by Gasteiger charge is 2.60. The van der Waals surface area contributed by atoms with Gasteiger partial charge in [-0.05, 0) is 6.42 Å². The molecule has 106 valence electrons. The quantitative estimate of drug-likeness (QED) is 0.233. The smallest absolute Gasteiger partial charge is 0.330 e. The predicted molar refractivity (Wildman–Crippen MR) is 67.3 cm³/mol. The summed E-state index contributed by atoms with van der Waals surface area (Å²) in [5.74, 6) is -1.59. The van der Waals surface area contributed by atoms with Gasteiger partial charge in [-0.1, -0.05) is 18.7 Å². The van der Waals surface area contributed by atoms with E-state index < -0.39 is 5.97 Å². The Morgan fingerprint density at radius 1 is 1.30 bits per heavy atom. The lowest BCUT2D eigenvalue weighted by atomic mass is 9.85. The Balaban J connectivity index is 1.57. The average molecular weight is 277 g/mol. The van der Waals surface area contributed by atoms with Gasteiger partial charge in [0, 0.05) is 12.6 Å². The summed E-state index contributed by atoms with van der Waals surface area (Å²) in [6, 6.07) is 0. The first-order valence-electron chi connectivity index (χ1n) is 6.61. The van der Waals surface area contributed by atoms with Crippen molar-refractivity contribution in [3.05, 3.63) is 24.8 Å². The Labute approximate surface area is 116 Å². The topological polar surface area (TPSA) is 72.9 Å². The third kappa shape index (κ3) is 1.87. The van der Waals surface area contributed by atoms with E-state index in [4.69, 9.17) is 9.47 Å². The number of amides is 2. The molecule has 20 heavy (non-hydrogen) atoms. The van der Waals surface area contributed by atoms with Gasteiger partial charge in [-0.2, -0.15) is 0 Å². The minimum Gasteiger partial charge on any atom is -0.462 e. The van der Waals surface area contributed by atoms with Crippen LogP contribution in [0.25, 0.3) is 0 Å². The molecular weight excluding hydrogens is 262 g/mol. The number of ether oxygens (including phenoxy) is 2. The first kappa shape index (κ1) is 13.1. The standard InChI is InChI=1S/C14H15NO5/c1-2-10(16)19-7-3-6-15-13(17)11-8-4-5-9(20-8)12(11)14(15)18/h2,4-5,8-9,11-12H,1,3,6-7H2. The Morgan fingerprint density at radius 2 is 1.90 bits per heavy atom. The molecule has 2 saturated heterocycles. The van der Waals surface area contributed by atoms with Gasteiger partial charge in [-0.25, -0.2) is 4.79 Å². The van der Waals surface area contributed by atoms with Crippen molar-refractivity contribution in [1.82, 2.24) is 4.90 Å². The molecule has 0 aromatic carbocycles. The summed E-state index contributed by atoms with van der Waals surface area (Å²) in [5.41, 5.74) is 0. The number of esters is 1. The highest BCUT2D eigenvalue weighted by atomic mass is 16.5. The second-order valence-electron chi connectivity index (χ2n) is 5.06. The lowest BCUT2D eigenvalue weighted by Crippen LogP contribution is -2.35. The lowest BCUT2D eigenvalue weighted by Gasteiger charge is -2.17. The van der Waals surface area contributed by atoms with Crippen LogP contribution in [-0.4, -0.2) is 48.0 Å². The van der Waals surface area contributed by atoms with E-state index in [1.165, 1.54) is 4.90 Å². The molecule has 3 aliphatic rings. The first-order chi connectivity index (χ1) is 9.63. The van der Waals surface area contributed by atoms with Crippen LogP contribution in [0, 0.1) is 11.8 Å². The number of carbonyl (C=O) groups excluding carboxylic acids is 3. The van der Waals surface area contributed by atoms with Gasteiger partial charge in [0.15, 0.2) is 0 Å². The Hall–Kier alpha value is -1.95. The number of hydrogen-bond acceptors (Lipinski definition) is 5. The van der Waals surface area contributed by atoms with Crippen LogP contribution in [-0.2, 0) is 23.9 Å². The molecule has 0 aromatic heterocycles. The van der Waals surface area contributed by atoms with Crippen LogP contribution in [0.15, 0.2) is 24.8 Å². The van der Waals surface area contributed by atoms with Crippen LogP contribution in [0.3, 0.4) is 0 Å². The van der Waals surface area contributed by atoms with E-state index in [1.54, 1.807) is 0 Å². The molecule has 0 aromatic rings. The van der Waals surface area contributed by atoms with E-state index in [0.717, 1.165) is 6.08 Å². The molecule has 3 heterocycles. The fraction of sp³-hybridized carbons (Fsp3) is 0.500. The number of likely N-dealkylation sites (tertiary alicyclic amines) is 1. The second-order valence-corrected chi connectivity index (χ2v) is 5.06. The highest BCUT2D eigenvalue weighted by Crippen LogP contribution is 2.44. The third-order valence-electron chi connectivity index (χ3n) is 3.94. The summed E-state index contributed by atoms with van der Waals surface area (Å²) in [7, 11) is 0. The van der Waals surface area contributed by atoms with E-state index >= 15 is 0 Å². The fourth-order valence-corrected chi connectivity index (χ4v) is 3.04. The zero-order valence-corrected chi connectivity index (χ0v) is 10.9. The number of hydrogen-bond donors (Lipinski definition) is 0. The summed E-state index contributed by atoms with van der Waals surface area (Å²) in [6.45, 7) is 3.73. The van der Waals surface area contributed by atoms with Crippen LogP contribution in [0.1, 0.15) is 6.42 Å². The molecule has 0 spiro atoms. The van der Waals surface area contributed by atoms with Crippen LogP contribution >= 0.6 is 0 Å².